The smallest absolute Gasteiger partial charge is 0.162 e. The summed E-state index contributed by atoms with van der Waals surface area (Å²) in [6.45, 7) is 2.70. The summed E-state index contributed by atoms with van der Waals surface area (Å²) in [5, 5.41) is 7.56. The first-order valence-corrected chi connectivity index (χ1v) is 6.27. The van der Waals surface area contributed by atoms with Crippen molar-refractivity contribution >= 4 is 0 Å². The Bertz CT molecular complexity index is 551. The van der Waals surface area contributed by atoms with Crippen LogP contribution in [0.25, 0.3) is 0 Å². The molecule has 0 spiro atoms. The van der Waals surface area contributed by atoms with Crippen LogP contribution in [0, 0.1) is 11.6 Å². The monoisotopic (exact) mass is 265 g/mol. The van der Waals surface area contributed by atoms with Crippen LogP contribution in [0.2, 0.25) is 0 Å². The van der Waals surface area contributed by atoms with Crippen molar-refractivity contribution < 1.29 is 8.78 Å². The Morgan fingerprint density at radius 2 is 2.11 bits per heavy atom. The van der Waals surface area contributed by atoms with Gasteiger partial charge in [0.2, 0.25) is 0 Å². The number of hydrogen-bond donors (Lipinski definition) is 1. The summed E-state index contributed by atoms with van der Waals surface area (Å²) >= 11 is 0. The van der Waals surface area contributed by atoms with Crippen LogP contribution in [-0.4, -0.2) is 16.3 Å². The van der Waals surface area contributed by atoms with E-state index >= 15 is 0 Å². The minimum Gasteiger partial charge on any atom is -0.309 e. The highest BCUT2D eigenvalue weighted by molar-refractivity contribution is 5.22. The van der Waals surface area contributed by atoms with Crippen molar-refractivity contribution in [3.8, 4) is 0 Å². The van der Waals surface area contributed by atoms with E-state index in [0.717, 1.165) is 18.3 Å². The van der Waals surface area contributed by atoms with Gasteiger partial charge in [-0.3, -0.25) is 4.68 Å². The van der Waals surface area contributed by atoms with Gasteiger partial charge in [-0.1, -0.05) is 19.1 Å². The van der Waals surface area contributed by atoms with Gasteiger partial charge >= 0.3 is 0 Å². The van der Waals surface area contributed by atoms with Crippen LogP contribution in [0.3, 0.4) is 0 Å². The average Bonchev–Trinajstić information content (AvgIpc) is 2.81. The predicted molar refractivity (Wildman–Crippen MR) is 69.7 cm³/mol. The number of halogens is 2. The third-order valence-corrected chi connectivity index (χ3v) is 3.00. The molecule has 1 aromatic carbocycles. The van der Waals surface area contributed by atoms with E-state index in [2.05, 4.69) is 10.4 Å². The Morgan fingerprint density at radius 1 is 1.32 bits per heavy atom. The van der Waals surface area contributed by atoms with Gasteiger partial charge in [-0.05, 0) is 30.7 Å². The zero-order chi connectivity index (χ0) is 13.8. The second-order valence-corrected chi connectivity index (χ2v) is 4.44. The van der Waals surface area contributed by atoms with Gasteiger partial charge in [0.15, 0.2) is 11.6 Å². The summed E-state index contributed by atoms with van der Waals surface area (Å²) < 4.78 is 28.6. The summed E-state index contributed by atoms with van der Waals surface area (Å²) in [5.74, 6) is -1.59. The van der Waals surface area contributed by atoms with Crippen LogP contribution in [0.15, 0.2) is 30.5 Å². The normalized spacial score (nSPS) is 12.6. The maximum Gasteiger partial charge on any atom is 0.162 e. The van der Waals surface area contributed by atoms with Crippen LogP contribution in [-0.2, 0) is 13.5 Å². The molecule has 1 N–H and O–H groups in total. The summed E-state index contributed by atoms with van der Waals surface area (Å²) in [6.07, 6.45) is 2.20. The fraction of sp³-hybridized carbons (Fsp3) is 0.357. The quantitative estimate of drug-likeness (QED) is 0.900. The van der Waals surface area contributed by atoms with E-state index in [9.17, 15) is 8.78 Å². The first-order chi connectivity index (χ1) is 9.11. The Hall–Kier alpha value is -1.75. The van der Waals surface area contributed by atoms with Gasteiger partial charge in [-0.15, -0.1) is 0 Å². The van der Waals surface area contributed by atoms with E-state index in [1.165, 1.54) is 6.07 Å². The Morgan fingerprint density at radius 3 is 2.74 bits per heavy atom. The molecule has 5 heteroatoms. The average molecular weight is 265 g/mol. The van der Waals surface area contributed by atoms with Gasteiger partial charge in [0, 0.05) is 13.2 Å². The number of rotatable bonds is 5. The second-order valence-electron chi connectivity index (χ2n) is 4.44. The maximum atomic E-state index is 13.7. The first kappa shape index (κ1) is 13.7. The molecule has 0 aliphatic rings. The molecule has 19 heavy (non-hydrogen) atoms. The predicted octanol–water partition coefficient (Wildman–Crippen LogP) is 2.59. The standard InChI is InChI=1S/C14H17F2N3/c1-3-17-13(12-7-8-19(2)18-12)9-10-5-4-6-11(15)14(10)16/h4-8,13,17H,3,9H2,1-2H3. The molecule has 2 aromatic rings. The molecule has 0 aliphatic heterocycles. The minimum atomic E-state index is -0.811. The zero-order valence-corrected chi connectivity index (χ0v) is 11.0. The van der Waals surface area contributed by atoms with Crippen molar-refractivity contribution in [2.75, 3.05) is 6.54 Å². The second kappa shape index (κ2) is 5.93. The molecule has 1 aromatic heterocycles. The molecule has 1 heterocycles. The molecule has 0 amide bonds. The zero-order valence-electron chi connectivity index (χ0n) is 11.0. The van der Waals surface area contributed by atoms with Crippen molar-refractivity contribution in [2.45, 2.75) is 19.4 Å². The Balaban J connectivity index is 2.23. The number of nitrogens with zero attached hydrogens (tertiary/aromatic N) is 2. The molecular weight excluding hydrogens is 248 g/mol. The van der Waals surface area contributed by atoms with Crippen LogP contribution >= 0.6 is 0 Å². The molecule has 0 saturated heterocycles. The largest absolute Gasteiger partial charge is 0.309 e. The van der Waals surface area contributed by atoms with Gasteiger partial charge < -0.3 is 5.32 Å². The molecule has 0 aliphatic carbocycles. The molecule has 1 atom stereocenters. The highest BCUT2D eigenvalue weighted by atomic mass is 19.2. The maximum absolute atomic E-state index is 13.7. The first-order valence-electron chi connectivity index (χ1n) is 6.27. The minimum absolute atomic E-state index is 0.123. The lowest BCUT2D eigenvalue weighted by Crippen LogP contribution is -2.24. The van der Waals surface area contributed by atoms with Gasteiger partial charge in [0.05, 0.1) is 11.7 Å². The molecular formula is C14H17F2N3. The summed E-state index contributed by atoms with van der Waals surface area (Å²) in [6, 6.07) is 6.01. The molecule has 3 nitrogen and oxygen atoms in total. The summed E-state index contributed by atoms with van der Waals surface area (Å²) in [4.78, 5) is 0. The van der Waals surface area contributed by atoms with Crippen LogP contribution in [0.1, 0.15) is 24.2 Å². The van der Waals surface area contributed by atoms with Crippen molar-refractivity contribution in [3.63, 3.8) is 0 Å². The van der Waals surface area contributed by atoms with E-state index in [1.807, 2.05) is 26.2 Å². The summed E-state index contributed by atoms with van der Waals surface area (Å²) in [7, 11) is 1.83. The van der Waals surface area contributed by atoms with Gasteiger partial charge in [-0.2, -0.15) is 5.10 Å². The van der Waals surface area contributed by atoms with Crippen molar-refractivity contribution in [2.24, 2.45) is 7.05 Å². The highest BCUT2D eigenvalue weighted by Crippen LogP contribution is 2.20. The number of nitrogens with one attached hydrogen (secondary N) is 1. The highest BCUT2D eigenvalue weighted by Gasteiger charge is 2.17. The van der Waals surface area contributed by atoms with E-state index in [1.54, 1.807) is 10.7 Å². The van der Waals surface area contributed by atoms with Gasteiger partial charge in [-0.25, -0.2) is 8.78 Å². The van der Waals surface area contributed by atoms with Crippen LogP contribution in [0.5, 0.6) is 0 Å². The summed E-state index contributed by atoms with van der Waals surface area (Å²) in [5.41, 5.74) is 1.18. The van der Waals surface area contributed by atoms with Crippen molar-refractivity contribution in [1.82, 2.24) is 15.1 Å². The number of benzene rings is 1. The molecule has 0 saturated carbocycles. The fourth-order valence-electron chi connectivity index (χ4n) is 2.07. The van der Waals surface area contributed by atoms with Crippen molar-refractivity contribution in [1.29, 1.82) is 0 Å². The number of aromatic nitrogens is 2. The lowest BCUT2D eigenvalue weighted by atomic mass is 10.0. The van der Waals surface area contributed by atoms with E-state index in [-0.39, 0.29) is 6.04 Å². The van der Waals surface area contributed by atoms with E-state index in [4.69, 9.17) is 0 Å². The Labute approximate surface area is 111 Å². The third kappa shape index (κ3) is 3.17. The van der Waals surface area contributed by atoms with Crippen molar-refractivity contribution in [3.05, 3.63) is 53.4 Å². The van der Waals surface area contributed by atoms with E-state index in [0.29, 0.717) is 12.0 Å². The topological polar surface area (TPSA) is 29.9 Å². The van der Waals surface area contributed by atoms with Gasteiger partial charge in [0.1, 0.15) is 0 Å². The molecule has 0 bridgehead atoms. The molecule has 0 radical (unpaired) electrons. The lowest BCUT2D eigenvalue weighted by molar-refractivity contribution is 0.476. The molecule has 102 valence electrons. The van der Waals surface area contributed by atoms with E-state index < -0.39 is 11.6 Å². The number of aryl methyl sites for hydroxylation is 1. The van der Waals surface area contributed by atoms with Crippen LogP contribution < -0.4 is 5.32 Å². The molecule has 2 rings (SSSR count). The van der Waals surface area contributed by atoms with Crippen LogP contribution in [0.4, 0.5) is 8.78 Å². The third-order valence-electron chi connectivity index (χ3n) is 3.00. The fourth-order valence-corrected chi connectivity index (χ4v) is 2.07. The number of hydrogen-bond acceptors (Lipinski definition) is 2. The van der Waals surface area contributed by atoms with Gasteiger partial charge in [0.25, 0.3) is 0 Å². The molecule has 1 unspecified atom stereocenters. The lowest BCUT2D eigenvalue weighted by Gasteiger charge is -2.16. The SMILES string of the molecule is CCNC(Cc1cccc(F)c1F)c1ccn(C)n1. The number of likely N-dealkylation sites (N-methyl/N-ethyl adjacent to an activating group) is 1. The molecule has 0 fully saturated rings. The Kier molecular flexibility index (Phi) is 4.27.